The van der Waals surface area contributed by atoms with E-state index in [0.29, 0.717) is 19.3 Å². The van der Waals surface area contributed by atoms with Crippen molar-refractivity contribution < 1.29 is 67.9 Å². The third-order valence-corrected chi connectivity index (χ3v) is 12.4. The minimum Gasteiger partial charge on any atom is -0.462 e. The number of rotatable bonds is 11. The molecule has 340 valence electrons. The summed E-state index contributed by atoms with van der Waals surface area (Å²) in [6, 6.07) is -0.466. The molecule has 0 aromatic rings. The second-order valence-electron chi connectivity index (χ2n) is 17.8. The van der Waals surface area contributed by atoms with E-state index >= 15 is 0 Å². The normalized spacial score (nSPS) is 45.8. The first-order chi connectivity index (χ1) is 27.8. The first kappa shape index (κ1) is 49.8. The molecule has 0 bridgehead atoms. The number of hydrogen-bond acceptors (Lipinski definition) is 16. The standard InChI is InChI=1S/C43H74N2O14/c1-24-21-29(19-20-46)39(59-42-37(49)36(45(9)10)38(27(4)56-42)58-35-23-43(6,51)41(50)28(5)55-35)40(52-11)31(47)22-33(48)53-25(2)15-13-12-14-16-32(24)57-34-18-17-30(44(7)8)26(3)54-34/h12-14,16,20,24-32,34-42,47,49-51H,15,17-19,21-23H2,1-11H3/b13-12-,16-14+/t24-,25-,26+,27-,28+,29+,30+,31-,32+,34-,35-,36+,37-,38+,39+,40-,41-,42+,43+/m1/s1. The van der Waals surface area contributed by atoms with Crippen LogP contribution < -0.4 is 0 Å². The topological polar surface area (TPSA) is 195 Å². The summed E-state index contributed by atoms with van der Waals surface area (Å²) in [7, 11) is 9.03. The lowest BCUT2D eigenvalue weighted by atomic mass is 9.82. The Morgan fingerprint density at radius 3 is 2.17 bits per heavy atom. The maximum absolute atomic E-state index is 13.1. The van der Waals surface area contributed by atoms with Gasteiger partial charge in [0.1, 0.15) is 36.8 Å². The predicted molar refractivity (Wildman–Crippen MR) is 217 cm³/mol. The largest absolute Gasteiger partial charge is 0.462 e. The molecule has 0 saturated carbocycles. The number of methoxy groups -OCH3 is 1. The van der Waals surface area contributed by atoms with E-state index in [0.717, 1.165) is 12.7 Å². The van der Waals surface area contributed by atoms with Crippen molar-refractivity contribution in [2.75, 3.05) is 35.3 Å². The molecule has 4 N–H and O–H groups in total. The molecule has 4 aliphatic rings. The summed E-state index contributed by atoms with van der Waals surface area (Å²) in [5.74, 6) is -1.47. The monoisotopic (exact) mass is 843 g/mol. The minimum absolute atomic E-state index is 0.00885. The molecule has 0 spiro atoms. The van der Waals surface area contributed by atoms with Crippen LogP contribution in [0.15, 0.2) is 24.3 Å². The van der Waals surface area contributed by atoms with Gasteiger partial charge in [-0.25, -0.2) is 0 Å². The second kappa shape index (κ2) is 22.5. The molecule has 3 saturated heterocycles. The molecule has 16 nitrogen and oxygen atoms in total. The quantitative estimate of drug-likeness (QED) is 0.175. The molecule has 4 rings (SSSR count). The molecule has 19 atom stereocenters. The van der Waals surface area contributed by atoms with Crippen molar-refractivity contribution in [2.24, 2.45) is 11.8 Å². The summed E-state index contributed by atoms with van der Waals surface area (Å²) in [6.07, 6.45) is -1.56. The van der Waals surface area contributed by atoms with Gasteiger partial charge in [-0.2, -0.15) is 0 Å². The van der Waals surface area contributed by atoms with Crippen molar-refractivity contribution in [1.29, 1.82) is 0 Å². The second-order valence-corrected chi connectivity index (χ2v) is 17.8. The Morgan fingerprint density at radius 2 is 1.56 bits per heavy atom. The van der Waals surface area contributed by atoms with Gasteiger partial charge in [0.2, 0.25) is 0 Å². The van der Waals surface area contributed by atoms with Gasteiger partial charge in [0.05, 0.1) is 54.7 Å². The zero-order chi connectivity index (χ0) is 43.8. The Hall–Kier alpha value is -1.90. The average Bonchev–Trinajstić information content (AvgIpc) is 3.13. The maximum Gasteiger partial charge on any atom is 0.308 e. The summed E-state index contributed by atoms with van der Waals surface area (Å²) in [4.78, 5) is 29.5. The summed E-state index contributed by atoms with van der Waals surface area (Å²) >= 11 is 0. The summed E-state index contributed by atoms with van der Waals surface area (Å²) < 4.78 is 50.0. The van der Waals surface area contributed by atoms with Gasteiger partial charge in [0.25, 0.3) is 0 Å². The third kappa shape index (κ3) is 13.3. The van der Waals surface area contributed by atoms with Crippen molar-refractivity contribution in [3.05, 3.63) is 24.3 Å². The van der Waals surface area contributed by atoms with Gasteiger partial charge in [-0.3, -0.25) is 4.79 Å². The van der Waals surface area contributed by atoms with Crippen LogP contribution in [0, 0.1) is 11.8 Å². The van der Waals surface area contributed by atoms with E-state index in [4.69, 9.17) is 37.9 Å². The van der Waals surface area contributed by atoms with Gasteiger partial charge >= 0.3 is 5.97 Å². The zero-order valence-electron chi connectivity index (χ0n) is 37.0. The van der Waals surface area contributed by atoms with Crippen molar-refractivity contribution in [2.45, 2.75) is 190 Å². The highest BCUT2D eigenvalue weighted by atomic mass is 16.7. The van der Waals surface area contributed by atoms with E-state index in [-0.39, 0.29) is 30.9 Å². The third-order valence-electron chi connectivity index (χ3n) is 12.4. The van der Waals surface area contributed by atoms with Crippen molar-refractivity contribution in [3.8, 4) is 0 Å². The lowest BCUT2D eigenvalue weighted by Gasteiger charge is -2.50. The minimum atomic E-state index is -1.47. The number of aldehydes is 1. The van der Waals surface area contributed by atoms with Gasteiger partial charge in [-0.15, -0.1) is 0 Å². The summed E-state index contributed by atoms with van der Waals surface area (Å²) in [6.45, 7) is 10.8. The molecular weight excluding hydrogens is 768 g/mol. The predicted octanol–water partition coefficient (Wildman–Crippen LogP) is 2.33. The van der Waals surface area contributed by atoms with Gasteiger partial charge in [-0.05, 0) is 93.9 Å². The number of carbonyl (C=O) groups excluding carboxylic acids is 2. The number of esters is 1. The fourth-order valence-corrected chi connectivity index (χ4v) is 9.10. The summed E-state index contributed by atoms with van der Waals surface area (Å²) in [5.41, 5.74) is -1.47. The first-order valence-electron chi connectivity index (χ1n) is 21.3. The Labute approximate surface area is 351 Å². The van der Waals surface area contributed by atoms with Crippen LogP contribution in [0.2, 0.25) is 0 Å². The number of likely N-dealkylation sites (N-methyl/N-ethyl adjacent to an activating group) is 2. The van der Waals surface area contributed by atoms with Crippen LogP contribution in [0.3, 0.4) is 0 Å². The molecule has 4 heterocycles. The Balaban J connectivity index is 1.66. The van der Waals surface area contributed by atoms with Crippen LogP contribution >= 0.6 is 0 Å². The van der Waals surface area contributed by atoms with E-state index < -0.39 is 110 Å². The Bertz CT molecular complexity index is 1370. The molecule has 3 fully saturated rings. The molecule has 0 amide bonds. The molecule has 0 unspecified atom stereocenters. The molecule has 16 heteroatoms. The number of carbonyl (C=O) groups is 2. The fraction of sp³-hybridized carbons (Fsp3) is 0.860. The number of hydrogen-bond donors (Lipinski definition) is 4. The number of aliphatic hydroxyl groups is 4. The van der Waals surface area contributed by atoms with Crippen LogP contribution in [0.1, 0.15) is 86.5 Å². The van der Waals surface area contributed by atoms with Crippen LogP contribution in [-0.2, 0) is 47.5 Å². The van der Waals surface area contributed by atoms with Crippen LogP contribution in [0.5, 0.6) is 0 Å². The molecule has 0 radical (unpaired) electrons. The van der Waals surface area contributed by atoms with Crippen LogP contribution in [-0.4, -0.2) is 181 Å². The molecule has 0 aromatic carbocycles. The van der Waals surface area contributed by atoms with E-state index in [2.05, 4.69) is 4.90 Å². The molecule has 0 aliphatic carbocycles. The highest BCUT2D eigenvalue weighted by Gasteiger charge is 2.52. The smallest absolute Gasteiger partial charge is 0.308 e. The number of nitrogens with zero attached hydrogens (tertiary/aromatic N) is 2. The van der Waals surface area contributed by atoms with Gasteiger partial charge in [-0.1, -0.05) is 31.2 Å². The highest BCUT2D eigenvalue weighted by Crippen LogP contribution is 2.37. The van der Waals surface area contributed by atoms with Crippen molar-refractivity contribution in [1.82, 2.24) is 9.80 Å². The Morgan fingerprint density at radius 1 is 0.864 bits per heavy atom. The number of cyclic esters (lactones) is 1. The molecule has 4 aliphatic heterocycles. The lowest BCUT2D eigenvalue weighted by Crippen LogP contribution is -2.65. The van der Waals surface area contributed by atoms with Crippen LogP contribution in [0.25, 0.3) is 0 Å². The molecule has 59 heavy (non-hydrogen) atoms. The van der Waals surface area contributed by atoms with E-state index in [9.17, 15) is 30.0 Å². The first-order valence-corrected chi connectivity index (χ1v) is 21.3. The van der Waals surface area contributed by atoms with Crippen molar-refractivity contribution in [3.63, 3.8) is 0 Å². The van der Waals surface area contributed by atoms with Crippen molar-refractivity contribution >= 4 is 12.3 Å². The zero-order valence-corrected chi connectivity index (χ0v) is 37.0. The lowest BCUT2D eigenvalue weighted by molar-refractivity contribution is -0.344. The van der Waals surface area contributed by atoms with Gasteiger partial charge < -0.3 is 72.9 Å². The Kier molecular flexibility index (Phi) is 18.9. The number of allylic oxidation sites excluding steroid dienone is 2. The highest BCUT2D eigenvalue weighted by molar-refractivity contribution is 5.70. The SMILES string of the molecule is CO[C@H]1[C@@H](O[C@@H]2O[C@H](C)[C@H](O[C@@H]3C[C@](C)(O)[C@H](O)[C@H](C)O3)[C@@H](N(C)C)[C@H]2O)[C@@H](CC=O)C[C@@H](C)[C@@H](O[C@@H]2CC[C@H](N(C)C)[C@H](C)O2)/C=C/C=C\C[C@@H](C)OC(=O)C[C@H]1O. The van der Waals surface area contributed by atoms with Gasteiger partial charge in [0, 0.05) is 32.4 Å². The van der Waals surface area contributed by atoms with Crippen LogP contribution in [0.4, 0.5) is 0 Å². The molecule has 0 aromatic heterocycles. The molecular formula is C43H74N2O14. The summed E-state index contributed by atoms with van der Waals surface area (Å²) in [5, 5.41) is 45.1. The maximum atomic E-state index is 13.1. The van der Waals surface area contributed by atoms with E-state index in [1.807, 2.05) is 52.2 Å². The number of aliphatic hydroxyl groups excluding tert-OH is 3. The fourth-order valence-electron chi connectivity index (χ4n) is 9.10. The van der Waals surface area contributed by atoms with E-state index in [1.54, 1.807) is 39.8 Å². The van der Waals surface area contributed by atoms with E-state index in [1.165, 1.54) is 14.0 Å². The number of ether oxygens (including phenoxy) is 8. The average molecular weight is 843 g/mol. The van der Waals surface area contributed by atoms with Gasteiger partial charge in [0.15, 0.2) is 18.9 Å².